The van der Waals surface area contributed by atoms with Crippen molar-refractivity contribution in [3.8, 4) is 11.1 Å². The summed E-state index contributed by atoms with van der Waals surface area (Å²) in [5.74, 6) is -0.463. The predicted octanol–water partition coefficient (Wildman–Crippen LogP) is 2.64. The van der Waals surface area contributed by atoms with Gasteiger partial charge in [-0.2, -0.15) is 0 Å². The maximum atomic E-state index is 12.2. The number of hydrogen-bond donors (Lipinski definition) is 1. The first kappa shape index (κ1) is 15.2. The minimum Gasteiger partial charge on any atom is -0.858 e. The van der Waals surface area contributed by atoms with E-state index in [0.717, 1.165) is 15.6 Å². The second-order valence-corrected chi connectivity index (χ2v) is 5.68. The molecule has 0 aliphatic heterocycles. The van der Waals surface area contributed by atoms with Gasteiger partial charge in [-0.3, -0.25) is 14.8 Å². The Hall–Kier alpha value is -2.73. The quantitative estimate of drug-likeness (QED) is 0.569. The Morgan fingerprint density at radius 3 is 2.48 bits per heavy atom. The summed E-state index contributed by atoms with van der Waals surface area (Å²) in [5, 5.41) is 12.2. The van der Waals surface area contributed by atoms with E-state index in [9.17, 15) is 9.90 Å². The monoisotopic (exact) mass is 368 g/mol. The Morgan fingerprint density at radius 2 is 1.78 bits per heavy atom. The summed E-state index contributed by atoms with van der Waals surface area (Å²) in [7, 11) is 0. The number of hydrogen-bond acceptors (Lipinski definition) is 4. The lowest BCUT2D eigenvalue weighted by molar-refractivity contribution is -0.212. The number of aliphatic imine (C=N–C) groups is 1. The number of pyridine rings is 2. The highest BCUT2D eigenvalue weighted by Gasteiger charge is 2.03. The zero-order valence-corrected chi connectivity index (χ0v) is 13.4. The highest BCUT2D eigenvalue weighted by atomic mass is 79.9. The Morgan fingerprint density at radius 1 is 1.09 bits per heavy atom. The first-order chi connectivity index (χ1) is 11.1. The average Bonchev–Trinajstić information content (AvgIpc) is 2.58. The third-order valence-electron chi connectivity index (χ3n) is 3.21. The van der Waals surface area contributed by atoms with Crippen LogP contribution in [0, 0.1) is 0 Å². The van der Waals surface area contributed by atoms with E-state index >= 15 is 0 Å². The Labute approximate surface area is 140 Å². The fourth-order valence-corrected chi connectivity index (χ4v) is 2.30. The van der Waals surface area contributed by atoms with Gasteiger partial charge in [-0.25, -0.2) is 0 Å². The predicted molar refractivity (Wildman–Crippen MR) is 90.6 cm³/mol. The normalized spacial score (nSPS) is 11.4. The summed E-state index contributed by atoms with van der Waals surface area (Å²) in [5.41, 5.74) is 1.72. The number of H-pyrrole nitrogens is 1. The van der Waals surface area contributed by atoms with Crippen LogP contribution in [0.15, 0.2) is 75.3 Å². The molecule has 0 saturated carbocycles. The second-order valence-electron chi connectivity index (χ2n) is 4.76. The zero-order chi connectivity index (χ0) is 16.2. The van der Waals surface area contributed by atoms with E-state index in [0.29, 0.717) is 5.56 Å². The van der Waals surface area contributed by atoms with Crippen LogP contribution in [0.4, 0.5) is 5.69 Å². The van der Waals surface area contributed by atoms with Crippen LogP contribution in [0.25, 0.3) is 11.1 Å². The van der Waals surface area contributed by atoms with Crippen molar-refractivity contribution in [2.45, 2.75) is 0 Å². The SMILES string of the molecule is O=c1[nH]cc(-c2ccncc2)cc1N=C([O-])c1ccc(Br)cc1. The van der Waals surface area contributed by atoms with Crippen molar-refractivity contribution >= 4 is 27.5 Å². The zero-order valence-electron chi connectivity index (χ0n) is 11.9. The van der Waals surface area contributed by atoms with E-state index in [1.807, 2.05) is 12.1 Å². The van der Waals surface area contributed by atoms with Gasteiger partial charge >= 0.3 is 0 Å². The van der Waals surface area contributed by atoms with Gasteiger partial charge in [0.1, 0.15) is 5.69 Å². The van der Waals surface area contributed by atoms with Crippen LogP contribution in [0.1, 0.15) is 5.56 Å². The molecule has 0 atom stereocenters. The molecule has 0 saturated heterocycles. The molecule has 1 N–H and O–H groups in total. The van der Waals surface area contributed by atoms with Crippen LogP contribution in [-0.4, -0.2) is 15.9 Å². The average molecular weight is 369 g/mol. The minimum atomic E-state index is -0.463. The third kappa shape index (κ3) is 3.54. The third-order valence-corrected chi connectivity index (χ3v) is 3.74. The number of benzene rings is 1. The van der Waals surface area contributed by atoms with Crippen LogP contribution in [0.5, 0.6) is 0 Å². The van der Waals surface area contributed by atoms with Crippen LogP contribution >= 0.6 is 15.9 Å². The lowest BCUT2D eigenvalue weighted by Crippen LogP contribution is -2.19. The molecule has 1 aromatic carbocycles. The van der Waals surface area contributed by atoms with E-state index < -0.39 is 11.5 Å². The van der Waals surface area contributed by atoms with E-state index in [-0.39, 0.29) is 5.69 Å². The molecular weight excluding hydrogens is 358 g/mol. The summed E-state index contributed by atoms with van der Waals surface area (Å²) in [6, 6.07) is 12.0. The number of halogens is 1. The first-order valence-electron chi connectivity index (χ1n) is 6.78. The molecule has 0 bridgehead atoms. The molecular formula is C17H11BrN3O2-. The Bertz CT molecular complexity index is 903. The summed E-state index contributed by atoms with van der Waals surface area (Å²) in [6.45, 7) is 0. The molecule has 0 radical (unpaired) electrons. The van der Waals surface area contributed by atoms with Crippen LogP contribution in [0.2, 0.25) is 0 Å². The molecule has 3 rings (SSSR count). The van der Waals surface area contributed by atoms with Gasteiger partial charge in [-0.15, -0.1) is 0 Å². The number of aromatic nitrogens is 2. The van der Waals surface area contributed by atoms with Crippen molar-refractivity contribution in [1.82, 2.24) is 9.97 Å². The first-order valence-corrected chi connectivity index (χ1v) is 7.57. The van der Waals surface area contributed by atoms with Crippen LogP contribution in [0.3, 0.4) is 0 Å². The fraction of sp³-hybridized carbons (Fsp3) is 0. The molecule has 23 heavy (non-hydrogen) atoms. The molecule has 3 aromatic rings. The molecule has 0 unspecified atom stereocenters. The van der Waals surface area contributed by atoms with Gasteiger partial charge in [-0.05, 0) is 47.4 Å². The molecule has 0 aliphatic rings. The highest BCUT2D eigenvalue weighted by molar-refractivity contribution is 9.10. The van der Waals surface area contributed by atoms with E-state index in [1.165, 1.54) is 0 Å². The molecule has 6 heteroatoms. The lowest BCUT2D eigenvalue weighted by Gasteiger charge is -2.11. The standard InChI is InChI=1S/C17H12BrN3O2/c18-14-3-1-12(2-4-14)16(22)21-15-9-13(10-20-17(15)23)11-5-7-19-8-6-11/h1-10H,(H,20,23)(H,21,22)/p-1. The van der Waals surface area contributed by atoms with E-state index in [1.54, 1.807) is 48.9 Å². The van der Waals surface area contributed by atoms with Crippen molar-refractivity contribution in [2.75, 3.05) is 0 Å². The number of rotatable bonds is 3. The molecule has 5 nitrogen and oxygen atoms in total. The molecule has 2 heterocycles. The number of aromatic amines is 1. The molecule has 0 aliphatic carbocycles. The van der Waals surface area contributed by atoms with Gasteiger partial charge in [0.2, 0.25) is 0 Å². The van der Waals surface area contributed by atoms with Gasteiger partial charge < -0.3 is 10.1 Å². The van der Waals surface area contributed by atoms with E-state index in [2.05, 4.69) is 30.9 Å². The van der Waals surface area contributed by atoms with Crippen LogP contribution < -0.4 is 10.7 Å². The topological polar surface area (TPSA) is 81.2 Å². The van der Waals surface area contributed by atoms with Crippen molar-refractivity contribution < 1.29 is 5.11 Å². The van der Waals surface area contributed by atoms with Gasteiger partial charge in [0.05, 0.1) is 0 Å². The van der Waals surface area contributed by atoms with Crippen molar-refractivity contribution in [2.24, 2.45) is 4.99 Å². The van der Waals surface area contributed by atoms with Crippen LogP contribution in [-0.2, 0) is 0 Å². The van der Waals surface area contributed by atoms with E-state index in [4.69, 9.17) is 0 Å². The Balaban J connectivity index is 2.01. The van der Waals surface area contributed by atoms with Crippen molar-refractivity contribution in [3.05, 3.63) is 81.4 Å². The maximum absolute atomic E-state index is 12.2. The molecule has 0 spiro atoms. The number of nitrogens with one attached hydrogen (secondary N) is 1. The smallest absolute Gasteiger partial charge is 0.273 e. The van der Waals surface area contributed by atoms with Gasteiger partial charge in [0.25, 0.3) is 5.56 Å². The molecule has 0 amide bonds. The highest BCUT2D eigenvalue weighted by Crippen LogP contribution is 2.20. The van der Waals surface area contributed by atoms with Gasteiger partial charge in [0.15, 0.2) is 0 Å². The maximum Gasteiger partial charge on any atom is 0.273 e. The lowest BCUT2D eigenvalue weighted by atomic mass is 10.1. The summed E-state index contributed by atoms with van der Waals surface area (Å²) in [6.07, 6.45) is 4.90. The Kier molecular flexibility index (Phi) is 4.34. The summed E-state index contributed by atoms with van der Waals surface area (Å²) < 4.78 is 0.867. The van der Waals surface area contributed by atoms with Gasteiger partial charge in [0, 0.05) is 28.6 Å². The molecule has 114 valence electrons. The molecule has 2 aromatic heterocycles. The second kappa shape index (κ2) is 6.58. The molecule has 0 fully saturated rings. The summed E-state index contributed by atoms with van der Waals surface area (Å²) >= 11 is 3.31. The fourth-order valence-electron chi connectivity index (χ4n) is 2.03. The number of nitrogens with zero attached hydrogens (tertiary/aromatic N) is 2. The van der Waals surface area contributed by atoms with Crippen molar-refractivity contribution in [1.29, 1.82) is 0 Å². The largest absolute Gasteiger partial charge is 0.858 e. The van der Waals surface area contributed by atoms with Crippen molar-refractivity contribution in [3.63, 3.8) is 0 Å². The van der Waals surface area contributed by atoms with Gasteiger partial charge in [-0.1, -0.05) is 28.1 Å². The minimum absolute atomic E-state index is 0.0761. The summed E-state index contributed by atoms with van der Waals surface area (Å²) in [4.78, 5) is 22.4.